The summed E-state index contributed by atoms with van der Waals surface area (Å²) in [5.41, 5.74) is 11.2. The minimum Gasteiger partial charge on any atom is -0.366 e. The summed E-state index contributed by atoms with van der Waals surface area (Å²) in [6.07, 6.45) is 0. The van der Waals surface area contributed by atoms with Gasteiger partial charge in [-0.1, -0.05) is 48.0 Å². The number of amides is 2. The van der Waals surface area contributed by atoms with Gasteiger partial charge in [0, 0.05) is 16.7 Å². The van der Waals surface area contributed by atoms with Crippen molar-refractivity contribution in [1.82, 2.24) is 0 Å². The Morgan fingerprint density at radius 1 is 0.833 bits per heavy atom. The molecule has 7 nitrogen and oxygen atoms in total. The fraction of sp³-hybridized carbons (Fsp3) is 0.0476. The number of nitrogens with two attached hydrogens (primary N) is 3. The van der Waals surface area contributed by atoms with Gasteiger partial charge in [0.1, 0.15) is 5.82 Å². The van der Waals surface area contributed by atoms with Crippen LogP contribution in [-0.4, -0.2) is 20.2 Å². The second-order valence-electron chi connectivity index (χ2n) is 6.67. The zero-order chi connectivity index (χ0) is 22.2. The highest BCUT2D eigenvalue weighted by Gasteiger charge is 2.25. The molecular weight excluding hydrogens is 409 g/mol. The number of hydrogen-bond donors (Lipinski definition) is 3. The van der Waals surface area contributed by atoms with Crippen molar-refractivity contribution in [3.05, 3.63) is 77.1 Å². The van der Waals surface area contributed by atoms with Gasteiger partial charge in [-0.25, -0.2) is 17.9 Å². The van der Waals surface area contributed by atoms with Gasteiger partial charge in [-0.2, -0.15) is 0 Å². The number of carbonyl (C=O) groups is 2. The predicted molar refractivity (Wildman–Crippen MR) is 110 cm³/mol. The minimum absolute atomic E-state index is 0.0265. The second kappa shape index (κ2) is 7.69. The molecule has 154 valence electrons. The molecule has 0 aliphatic rings. The van der Waals surface area contributed by atoms with Crippen LogP contribution in [0.15, 0.2) is 59.5 Å². The first kappa shape index (κ1) is 21.2. The highest BCUT2D eigenvalue weighted by molar-refractivity contribution is 7.89. The fourth-order valence-electron chi connectivity index (χ4n) is 3.28. The molecule has 0 heterocycles. The third-order valence-electron chi connectivity index (χ3n) is 4.60. The molecule has 0 unspecified atom stereocenters. The van der Waals surface area contributed by atoms with Crippen LogP contribution in [-0.2, 0) is 10.0 Å². The molecule has 0 fully saturated rings. The molecule has 0 saturated carbocycles. The van der Waals surface area contributed by atoms with Gasteiger partial charge >= 0.3 is 0 Å². The Labute approximate surface area is 172 Å². The van der Waals surface area contributed by atoms with E-state index in [0.29, 0.717) is 0 Å². The molecule has 3 rings (SSSR count). The van der Waals surface area contributed by atoms with E-state index in [9.17, 15) is 18.0 Å². The van der Waals surface area contributed by atoms with Crippen LogP contribution < -0.4 is 16.6 Å². The fourth-order valence-corrected chi connectivity index (χ4v) is 4.04. The van der Waals surface area contributed by atoms with Crippen molar-refractivity contribution in [2.75, 3.05) is 0 Å². The smallest absolute Gasteiger partial charge is 0.252 e. The maximum atomic E-state index is 15.5. The first-order chi connectivity index (χ1) is 14.0. The van der Waals surface area contributed by atoms with Crippen molar-refractivity contribution >= 4 is 21.8 Å². The van der Waals surface area contributed by atoms with E-state index < -0.39 is 33.2 Å². The van der Waals surface area contributed by atoms with Gasteiger partial charge in [-0.05, 0) is 30.2 Å². The van der Waals surface area contributed by atoms with Crippen LogP contribution >= 0.6 is 0 Å². The summed E-state index contributed by atoms with van der Waals surface area (Å²) in [7, 11) is -4.16. The number of hydrogen-bond acceptors (Lipinski definition) is 4. The van der Waals surface area contributed by atoms with Gasteiger partial charge in [0.2, 0.25) is 15.9 Å². The van der Waals surface area contributed by atoms with Crippen LogP contribution in [0.4, 0.5) is 4.39 Å². The van der Waals surface area contributed by atoms with Gasteiger partial charge in [0.05, 0.1) is 10.5 Å². The molecule has 0 aliphatic carbocycles. The number of benzene rings is 3. The van der Waals surface area contributed by atoms with Crippen molar-refractivity contribution in [1.29, 1.82) is 0 Å². The quantitative estimate of drug-likeness (QED) is 0.573. The lowest BCUT2D eigenvalue weighted by atomic mass is 9.91. The molecule has 2 amide bonds. The van der Waals surface area contributed by atoms with Gasteiger partial charge in [0.15, 0.2) is 0 Å². The van der Waals surface area contributed by atoms with E-state index in [4.69, 9.17) is 16.6 Å². The Bertz CT molecular complexity index is 1300. The number of primary amides is 2. The van der Waals surface area contributed by atoms with Gasteiger partial charge in [-0.3, -0.25) is 9.59 Å². The Hall–Kier alpha value is -3.56. The number of aryl methyl sites for hydroxylation is 1. The van der Waals surface area contributed by atoms with Crippen LogP contribution in [0.25, 0.3) is 22.3 Å². The molecular formula is C21H18FN3O4S. The minimum atomic E-state index is -4.16. The molecule has 6 N–H and O–H groups in total. The lowest BCUT2D eigenvalue weighted by Crippen LogP contribution is -2.18. The Kier molecular flexibility index (Phi) is 5.43. The molecule has 0 saturated heterocycles. The topological polar surface area (TPSA) is 146 Å². The van der Waals surface area contributed by atoms with E-state index in [0.717, 1.165) is 5.56 Å². The van der Waals surface area contributed by atoms with Crippen molar-refractivity contribution in [2.45, 2.75) is 11.8 Å². The zero-order valence-electron chi connectivity index (χ0n) is 15.8. The van der Waals surface area contributed by atoms with Crippen molar-refractivity contribution in [2.24, 2.45) is 16.6 Å². The summed E-state index contributed by atoms with van der Waals surface area (Å²) >= 11 is 0. The molecule has 9 heteroatoms. The summed E-state index contributed by atoms with van der Waals surface area (Å²) < 4.78 is 39.4. The zero-order valence-corrected chi connectivity index (χ0v) is 16.7. The highest BCUT2D eigenvalue weighted by Crippen LogP contribution is 2.36. The average Bonchev–Trinajstić information content (AvgIpc) is 2.66. The van der Waals surface area contributed by atoms with E-state index in [2.05, 4.69) is 0 Å². The van der Waals surface area contributed by atoms with Crippen molar-refractivity contribution in [3.8, 4) is 22.3 Å². The highest BCUT2D eigenvalue weighted by atomic mass is 32.2. The van der Waals surface area contributed by atoms with Crippen LogP contribution in [0.2, 0.25) is 0 Å². The molecule has 0 aromatic heterocycles. The lowest BCUT2D eigenvalue weighted by molar-refractivity contribution is 0.0991. The summed E-state index contributed by atoms with van der Waals surface area (Å²) in [6, 6.07) is 13.0. The lowest BCUT2D eigenvalue weighted by Gasteiger charge is -2.16. The Morgan fingerprint density at radius 2 is 1.47 bits per heavy atom. The van der Waals surface area contributed by atoms with Crippen molar-refractivity contribution in [3.63, 3.8) is 0 Å². The summed E-state index contributed by atoms with van der Waals surface area (Å²) in [6.45, 7) is 1.75. The standard InChI is InChI=1S/C21H18FN3O4S/c1-11-6-7-15(20(23)26)16(10-11)14-9-8-13(18(19(14)22)21(24)27)12-4-2-3-5-17(12)30(25,28)29/h2-10H,1H3,(H2,23,26)(H2,24,27)(H2,25,28,29). The number of halogens is 1. The molecule has 0 radical (unpaired) electrons. The average molecular weight is 427 g/mol. The summed E-state index contributed by atoms with van der Waals surface area (Å²) in [5, 5.41) is 5.26. The SMILES string of the molecule is Cc1ccc(C(N)=O)c(-c2ccc(-c3ccccc3S(N)(=O)=O)c(C(N)=O)c2F)c1. The van der Waals surface area contributed by atoms with Crippen LogP contribution in [0, 0.1) is 12.7 Å². The number of rotatable bonds is 5. The normalized spacial score (nSPS) is 11.3. The third kappa shape index (κ3) is 3.80. The molecule has 3 aromatic rings. The van der Waals surface area contributed by atoms with Crippen LogP contribution in [0.1, 0.15) is 26.3 Å². The molecule has 0 atom stereocenters. The first-order valence-electron chi connectivity index (χ1n) is 8.67. The largest absolute Gasteiger partial charge is 0.366 e. The molecule has 0 bridgehead atoms. The van der Waals surface area contributed by atoms with Gasteiger partial charge < -0.3 is 11.5 Å². The third-order valence-corrected chi connectivity index (χ3v) is 5.57. The Morgan fingerprint density at radius 3 is 2.07 bits per heavy atom. The predicted octanol–water partition coefficient (Wildman–Crippen LogP) is 2.31. The number of sulfonamides is 1. The van der Waals surface area contributed by atoms with Crippen molar-refractivity contribution < 1.29 is 22.4 Å². The Balaban J connectivity index is 2.37. The molecule has 3 aromatic carbocycles. The monoisotopic (exact) mass is 427 g/mol. The summed E-state index contributed by atoms with van der Waals surface area (Å²) in [4.78, 5) is 23.7. The van der Waals surface area contributed by atoms with Crippen LogP contribution in [0.5, 0.6) is 0 Å². The molecule has 30 heavy (non-hydrogen) atoms. The number of primary sulfonamides is 1. The van der Waals surface area contributed by atoms with Crippen LogP contribution in [0.3, 0.4) is 0 Å². The molecule has 0 spiro atoms. The molecule has 0 aliphatic heterocycles. The van der Waals surface area contributed by atoms with E-state index >= 15 is 4.39 Å². The van der Waals surface area contributed by atoms with E-state index in [1.54, 1.807) is 19.1 Å². The maximum absolute atomic E-state index is 15.5. The number of carbonyl (C=O) groups excluding carboxylic acids is 2. The van der Waals surface area contributed by atoms with Gasteiger partial charge in [0.25, 0.3) is 5.91 Å². The first-order valence-corrected chi connectivity index (χ1v) is 10.2. The van der Waals surface area contributed by atoms with Gasteiger partial charge in [-0.15, -0.1) is 0 Å². The summed E-state index contributed by atoms with van der Waals surface area (Å²) in [5.74, 6) is -2.88. The van der Waals surface area contributed by atoms with E-state index in [1.807, 2.05) is 0 Å². The maximum Gasteiger partial charge on any atom is 0.252 e. The second-order valence-corrected chi connectivity index (χ2v) is 8.20. The van der Waals surface area contributed by atoms with E-state index in [-0.39, 0.29) is 32.7 Å². The van der Waals surface area contributed by atoms with E-state index in [1.165, 1.54) is 42.5 Å².